The lowest BCUT2D eigenvalue weighted by Crippen LogP contribution is -2.42. The molecule has 0 atom stereocenters. The van der Waals surface area contributed by atoms with Crippen molar-refractivity contribution in [3.8, 4) is 12.1 Å². The molecule has 1 saturated heterocycles. The van der Waals surface area contributed by atoms with Gasteiger partial charge in [-0.25, -0.2) is 0 Å². The Morgan fingerprint density at radius 3 is 2.18 bits per heavy atom. The number of rotatable bonds is 1. The molecule has 0 radical (unpaired) electrons. The number of nitriles is 2. The molecule has 0 unspecified atom stereocenters. The summed E-state index contributed by atoms with van der Waals surface area (Å²) in [6.07, 6.45) is 0. The molecule has 0 aliphatic carbocycles. The van der Waals surface area contributed by atoms with E-state index in [1.54, 1.807) is 0 Å². The third-order valence-electron chi connectivity index (χ3n) is 1.66. The molecular formula is C7H9N3O. The summed E-state index contributed by atoms with van der Waals surface area (Å²) in [5.41, 5.74) is 0. The molecule has 0 aromatic rings. The highest BCUT2D eigenvalue weighted by molar-refractivity contribution is 5.07. The maximum absolute atomic E-state index is 8.52. The van der Waals surface area contributed by atoms with Gasteiger partial charge in [0.2, 0.25) is 0 Å². The minimum atomic E-state index is -0.598. The largest absolute Gasteiger partial charge is 0.379 e. The van der Waals surface area contributed by atoms with Gasteiger partial charge in [0.1, 0.15) is 0 Å². The van der Waals surface area contributed by atoms with Gasteiger partial charge in [0.15, 0.2) is 6.04 Å². The van der Waals surface area contributed by atoms with E-state index in [0.29, 0.717) is 26.3 Å². The third kappa shape index (κ3) is 1.91. The van der Waals surface area contributed by atoms with Crippen molar-refractivity contribution in [2.45, 2.75) is 6.04 Å². The van der Waals surface area contributed by atoms with Gasteiger partial charge in [-0.15, -0.1) is 0 Å². The first-order valence-electron chi connectivity index (χ1n) is 3.49. The third-order valence-corrected chi connectivity index (χ3v) is 1.66. The summed E-state index contributed by atoms with van der Waals surface area (Å²) < 4.78 is 5.08. The molecule has 0 aromatic carbocycles. The lowest BCUT2D eigenvalue weighted by atomic mass is 10.3. The van der Waals surface area contributed by atoms with Crippen LogP contribution in [0.25, 0.3) is 0 Å². The number of ether oxygens (including phenoxy) is 1. The summed E-state index contributed by atoms with van der Waals surface area (Å²) in [7, 11) is 0. The number of nitrogens with zero attached hydrogens (tertiary/aromatic N) is 3. The summed E-state index contributed by atoms with van der Waals surface area (Å²) in [5.74, 6) is 0. The van der Waals surface area contributed by atoms with Crippen molar-refractivity contribution < 1.29 is 4.74 Å². The molecule has 0 saturated carbocycles. The zero-order chi connectivity index (χ0) is 8.10. The Bertz CT molecular complexity index is 183. The summed E-state index contributed by atoms with van der Waals surface area (Å²) in [6, 6.07) is 3.26. The molecule has 4 nitrogen and oxygen atoms in total. The highest BCUT2D eigenvalue weighted by Gasteiger charge is 2.19. The lowest BCUT2D eigenvalue weighted by molar-refractivity contribution is 0.0351. The molecule has 0 amide bonds. The van der Waals surface area contributed by atoms with E-state index in [2.05, 4.69) is 0 Å². The van der Waals surface area contributed by atoms with E-state index in [0.717, 1.165) is 0 Å². The Balaban J connectivity index is 2.46. The molecule has 0 bridgehead atoms. The van der Waals surface area contributed by atoms with Crippen LogP contribution in [0.4, 0.5) is 0 Å². The fraction of sp³-hybridized carbons (Fsp3) is 0.714. The Morgan fingerprint density at radius 2 is 1.73 bits per heavy atom. The van der Waals surface area contributed by atoms with Crippen LogP contribution in [-0.4, -0.2) is 37.2 Å². The van der Waals surface area contributed by atoms with E-state index in [1.807, 2.05) is 17.0 Å². The first kappa shape index (κ1) is 8.00. The molecule has 1 fully saturated rings. The normalized spacial score (nSPS) is 19.2. The van der Waals surface area contributed by atoms with Gasteiger partial charge in [-0.3, -0.25) is 4.90 Å². The highest BCUT2D eigenvalue weighted by atomic mass is 16.5. The molecular weight excluding hydrogens is 142 g/mol. The van der Waals surface area contributed by atoms with Gasteiger partial charge in [-0.05, 0) is 0 Å². The van der Waals surface area contributed by atoms with Crippen LogP contribution < -0.4 is 0 Å². The second kappa shape index (κ2) is 3.92. The van der Waals surface area contributed by atoms with E-state index in [-0.39, 0.29) is 0 Å². The summed E-state index contributed by atoms with van der Waals surface area (Å²) in [4.78, 5) is 1.82. The predicted octanol–water partition coefficient (Wildman–Crippen LogP) is -0.266. The van der Waals surface area contributed by atoms with Crippen molar-refractivity contribution in [3.05, 3.63) is 0 Å². The smallest absolute Gasteiger partial charge is 0.186 e. The molecule has 1 rings (SSSR count). The highest BCUT2D eigenvalue weighted by Crippen LogP contribution is 2.01. The number of hydrogen-bond donors (Lipinski definition) is 0. The molecule has 0 N–H and O–H groups in total. The molecule has 1 heterocycles. The molecule has 0 spiro atoms. The van der Waals surface area contributed by atoms with Crippen molar-refractivity contribution in [1.29, 1.82) is 10.5 Å². The van der Waals surface area contributed by atoms with E-state index in [4.69, 9.17) is 15.3 Å². The van der Waals surface area contributed by atoms with E-state index in [9.17, 15) is 0 Å². The van der Waals surface area contributed by atoms with Crippen LogP contribution in [0.1, 0.15) is 0 Å². The van der Waals surface area contributed by atoms with Crippen LogP contribution in [0.2, 0.25) is 0 Å². The van der Waals surface area contributed by atoms with Crippen LogP contribution >= 0.6 is 0 Å². The van der Waals surface area contributed by atoms with Crippen molar-refractivity contribution in [2.75, 3.05) is 26.3 Å². The summed E-state index contributed by atoms with van der Waals surface area (Å²) >= 11 is 0. The van der Waals surface area contributed by atoms with Crippen LogP contribution in [0.5, 0.6) is 0 Å². The number of hydrogen-bond acceptors (Lipinski definition) is 4. The van der Waals surface area contributed by atoms with Gasteiger partial charge in [0, 0.05) is 13.1 Å². The van der Waals surface area contributed by atoms with Crippen molar-refractivity contribution in [3.63, 3.8) is 0 Å². The quantitative estimate of drug-likeness (QED) is 0.517. The topological polar surface area (TPSA) is 60.0 Å². The van der Waals surface area contributed by atoms with Crippen molar-refractivity contribution in [2.24, 2.45) is 0 Å². The standard InChI is InChI=1S/C7H9N3O/c8-5-7(6-9)10-1-3-11-4-2-10/h7H,1-4H2. The minimum absolute atomic E-state index is 0.598. The van der Waals surface area contributed by atoms with Crippen LogP contribution in [0, 0.1) is 22.7 Å². The monoisotopic (exact) mass is 151 g/mol. The maximum Gasteiger partial charge on any atom is 0.186 e. The zero-order valence-corrected chi connectivity index (χ0v) is 6.16. The van der Waals surface area contributed by atoms with Gasteiger partial charge < -0.3 is 4.74 Å². The molecule has 11 heavy (non-hydrogen) atoms. The van der Waals surface area contributed by atoms with Crippen LogP contribution in [-0.2, 0) is 4.74 Å². The summed E-state index contributed by atoms with van der Waals surface area (Å²) in [6.45, 7) is 2.62. The van der Waals surface area contributed by atoms with E-state index < -0.39 is 6.04 Å². The predicted molar refractivity (Wildman–Crippen MR) is 37.4 cm³/mol. The number of morpholine rings is 1. The Morgan fingerprint density at radius 1 is 1.18 bits per heavy atom. The second-order valence-electron chi connectivity index (χ2n) is 2.31. The van der Waals surface area contributed by atoms with Crippen LogP contribution in [0.15, 0.2) is 0 Å². The molecule has 1 aliphatic rings. The Kier molecular flexibility index (Phi) is 2.85. The van der Waals surface area contributed by atoms with Gasteiger partial charge in [0.05, 0.1) is 25.4 Å². The zero-order valence-electron chi connectivity index (χ0n) is 6.16. The fourth-order valence-electron chi connectivity index (χ4n) is 1.03. The minimum Gasteiger partial charge on any atom is -0.379 e. The van der Waals surface area contributed by atoms with Crippen LogP contribution in [0.3, 0.4) is 0 Å². The molecule has 58 valence electrons. The maximum atomic E-state index is 8.52. The van der Waals surface area contributed by atoms with Gasteiger partial charge in [-0.1, -0.05) is 0 Å². The average Bonchev–Trinajstić information content (AvgIpc) is 2.09. The average molecular weight is 151 g/mol. The molecule has 4 heteroatoms. The van der Waals surface area contributed by atoms with Gasteiger partial charge >= 0.3 is 0 Å². The van der Waals surface area contributed by atoms with Gasteiger partial charge in [0.25, 0.3) is 0 Å². The Hall–Kier alpha value is -1.10. The van der Waals surface area contributed by atoms with E-state index >= 15 is 0 Å². The SMILES string of the molecule is N#CC(C#N)N1CCOCC1. The first-order valence-corrected chi connectivity index (χ1v) is 3.49. The first-order chi connectivity index (χ1) is 5.38. The fourth-order valence-corrected chi connectivity index (χ4v) is 1.03. The molecule has 1 aliphatic heterocycles. The lowest BCUT2D eigenvalue weighted by Gasteiger charge is -2.26. The van der Waals surface area contributed by atoms with Crippen molar-refractivity contribution in [1.82, 2.24) is 4.90 Å². The van der Waals surface area contributed by atoms with E-state index in [1.165, 1.54) is 0 Å². The molecule has 0 aromatic heterocycles. The summed E-state index contributed by atoms with van der Waals surface area (Å²) in [5, 5.41) is 17.0. The Labute approximate surface area is 65.6 Å². The van der Waals surface area contributed by atoms with Gasteiger partial charge in [-0.2, -0.15) is 10.5 Å². The van der Waals surface area contributed by atoms with Crippen molar-refractivity contribution >= 4 is 0 Å². The second-order valence-corrected chi connectivity index (χ2v) is 2.31.